The fraction of sp³-hybridized carbons (Fsp3) is 0.0909. The average molecular weight is 835 g/mol. The number of hydrogen-bond acceptors (Lipinski definition) is 0. The molecule has 0 saturated heterocycles. The standard InChI is InChI=1S/C66H42/c1-7-19-49-43(13-1)61-44-14-2-8-20-50(44)64(49)58-34-37(25-28-55(58)61)40-31-41(38-26-29-56-59(35-38)65-51-21-9-3-15-45(51)62(56)46-16-4-10-22-52(46)65)33-42(32-40)39-27-30-57-60(36-39)66-53-23-11-5-17-47(53)63(57)48-18-6-12-24-54(48)66/h1-36,61-66H. The van der Waals surface area contributed by atoms with Gasteiger partial charge in [-0.2, -0.15) is 0 Å². The Labute approximate surface area is 385 Å². The molecule has 6 bridgehead atoms. The summed E-state index contributed by atoms with van der Waals surface area (Å²) in [6.07, 6.45) is 0. The Balaban J connectivity index is 0.888. The van der Waals surface area contributed by atoms with Gasteiger partial charge in [0.05, 0.1) is 0 Å². The van der Waals surface area contributed by atoms with Crippen molar-refractivity contribution in [2.75, 3.05) is 0 Å². The summed E-state index contributed by atoms with van der Waals surface area (Å²) in [6, 6.07) is 84.7. The lowest BCUT2D eigenvalue weighted by atomic mass is 9.60. The van der Waals surface area contributed by atoms with Crippen LogP contribution in [0.3, 0.4) is 0 Å². The molecule has 0 spiro atoms. The summed E-state index contributed by atoms with van der Waals surface area (Å²) in [5.41, 5.74) is 33.8. The molecule has 0 heterocycles. The molecule has 19 rings (SSSR count). The molecule has 66 heavy (non-hydrogen) atoms. The first-order valence-corrected chi connectivity index (χ1v) is 23.9. The predicted octanol–water partition coefficient (Wildman–Crippen LogP) is 15.6. The molecular formula is C66H42. The highest BCUT2D eigenvalue weighted by molar-refractivity contribution is 5.85. The molecule has 0 unspecified atom stereocenters. The first-order chi connectivity index (χ1) is 32.7. The van der Waals surface area contributed by atoms with E-state index >= 15 is 0 Å². The van der Waals surface area contributed by atoms with Crippen LogP contribution in [0.5, 0.6) is 0 Å². The molecule has 10 aromatic rings. The monoisotopic (exact) mass is 834 g/mol. The van der Waals surface area contributed by atoms with Crippen LogP contribution < -0.4 is 0 Å². The van der Waals surface area contributed by atoms with Gasteiger partial charge in [0.1, 0.15) is 0 Å². The van der Waals surface area contributed by atoms with Gasteiger partial charge in [0.15, 0.2) is 0 Å². The lowest BCUT2D eigenvalue weighted by Crippen LogP contribution is -2.27. The molecule has 9 aliphatic carbocycles. The van der Waals surface area contributed by atoms with E-state index in [0.29, 0.717) is 0 Å². The third-order valence-corrected chi connectivity index (χ3v) is 16.8. The van der Waals surface area contributed by atoms with E-state index in [9.17, 15) is 0 Å². The minimum absolute atomic E-state index is 0.226. The summed E-state index contributed by atoms with van der Waals surface area (Å²) in [6.45, 7) is 0. The SMILES string of the molecule is c1ccc2c(c1)C1c3ccccc3C2c2cc(-c3cc(-c4ccc5c(c4)C4c6ccccc6C5c5ccccc54)cc(-c4ccc5c(c4)C4c6ccccc6C5c5ccccc54)c3)ccc21. The highest BCUT2D eigenvalue weighted by Crippen LogP contribution is 2.59. The second kappa shape index (κ2) is 12.9. The molecular weight excluding hydrogens is 793 g/mol. The molecule has 0 aliphatic heterocycles. The van der Waals surface area contributed by atoms with Crippen LogP contribution in [-0.4, -0.2) is 0 Å². The summed E-state index contributed by atoms with van der Waals surface area (Å²) in [7, 11) is 0. The topological polar surface area (TPSA) is 0 Å². The highest BCUT2D eigenvalue weighted by atomic mass is 14.5. The normalized spacial score (nSPS) is 20.7. The van der Waals surface area contributed by atoms with Gasteiger partial charge in [-0.25, -0.2) is 0 Å². The Kier molecular flexibility index (Phi) is 6.96. The zero-order valence-electron chi connectivity index (χ0n) is 36.2. The van der Waals surface area contributed by atoms with Crippen LogP contribution in [0, 0.1) is 0 Å². The maximum absolute atomic E-state index is 2.54. The van der Waals surface area contributed by atoms with Crippen molar-refractivity contribution in [2.45, 2.75) is 35.5 Å². The summed E-state index contributed by atoms with van der Waals surface area (Å²) in [5.74, 6) is 1.46. The van der Waals surface area contributed by atoms with E-state index < -0.39 is 0 Å². The Morgan fingerprint density at radius 1 is 0.136 bits per heavy atom. The van der Waals surface area contributed by atoms with Crippen molar-refractivity contribution in [3.63, 3.8) is 0 Å². The van der Waals surface area contributed by atoms with E-state index in [1.807, 2.05) is 0 Å². The lowest BCUT2D eigenvalue weighted by Gasteiger charge is -2.42. The third-order valence-electron chi connectivity index (χ3n) is 16.8. The summed E-state index contributed by atoms with van der Waals surface area (Å²) < 4.78 is 0. The van der Waals surface area contributed by atoms with Gasteiger partial charge in [-0.15, -0.1) is 0 Å². The van der Waals surface area contributed by atoms with E-state index in [1.165, 1.54) is 134 Å². The fourth-order valence-electron chi connectivity index (χ4n) is 14.2. The van der Waals surface area contributed by atoms with Crippen molar-refractivity contribution >= 4 is 0 Å². The summed E-state index contributed by atoms with van der Waals surface area (Å²) in [4.78, 5) is 0. The van der Waals surface area contributed by atoms with Crippen molar-refractivity contribution in [2.24, 2.45) is 0 Å². The van der Waals surface area contributed by atoms with Crippen LogP contribution in [0.25, 0.3) is 33.4 Å². The van der Waals surface area contributed by atoms with Gasteiger partial charge in [0.2, 0.25) is 0 Å². The Bertz CT molecular complexity index is 3220. The third kappa shape index (κ3) is 4.59. The van der Waals surface area contributed by atoms with Crippen LogP contribution in [0.2, 0.25) is 0 Å². The summed E-state index contributed by atoms with van der Waals surface area (Å²) >= 11 is 0. The molecule has 0 saturated carbocycles. The van der Waals surface area contributed by atoms with E-state index in [4.69, 9.17) is 0 Å². The van der Waals surface area contributed by atoms with Crippen molar-refractivity contribution in [3.8, 4) is 33.4 Å². The molecule has 10 aromatic carbocycles. The second-order valence-corrected chi connectivity index (χ2v) is 19.7. The van der Waals surface area contributed by atoms with Gasteiger partial charge in [0, 0.05) is 35.5 Å². The van der Waals surface area contributed by atoms with Gasteiger partial charge in [-0.1, -0.05) is 182 Å². The fourth-order valence-corrected chi connectivity index (χ4v) is 14.2. The van der Waals surface area contributed by atoms with Gasteiger partial charge in [-0.05, 0) is 170 Å². The van der Waals surface area contributed by atoms with Crippen LogP contribution in [0.1, 0.15) is 136 Å². The minimum Gasteiger partial charge on any atom is -0.0619 e. The smallest absolute Gasteiger partial charge is 0.0349 e. The molecule has 0 N–H and O–H groups in total. The van der Waals surface area contributed by atoms with Gasteiger partial charge >= 0.3 is 0 Å². The molecule has 306 valence electrons. The Morgan fingerprint density at radius 3 is 0.500 bits per heavy atom. The lowest BCUT2D eigenvalue weighted by molar-refractivity contribution is 0.754. The van der Waals surface area contributed by atoms with Crippen molar-refractivity contribution in [1.82, 2.24) is 0 Å². The Hall–Kier alpha value is -7.80. The Morgan fingerprint density at radius 2 is 0.303 bits per heavy atom. The quantitative estimate of drug-likeness (QED) is 0.166. The summed E-state index contributed by atoms with van der Waals surface area (Å²) in [5, 5.41) is 0. The molecule has 0 amide bonds. The van der Waals surface area contributed by atoms with Crippen LogP contribution in [-0.2, 0) is 0 Å². The maximum Gasteiger partial charge on any atom is 0.0349 e. The van der Waals surface area contributed by atoms with E-state index in [2.05, 4.69) is 218 Å². The molecule has 0 atom stereocenters. The zero-order chi connectivity index (χ0) is 42.8. The number of hydrogen-bond donors (Lipinski definition) is 0. The number of benzene rings is 10. The van der Waals surface area contributed by atoms with Gasteiger partial charge < -0.3 is 0 Å². The van der Waals surface area contributed by atoms with Crippen molar-refractivity contribution < 1.29 is 0 Å². The van der Waals surface area contributed by atoms with Gasteiger partial charge in [0.25, 0.3) is 0 Å². The minimum atomic E-state index is 0.226. The van der Waals surface area contributed by atoms with E-state index in [-0.39, 0.29) is 35.5 Å². The number of rotatable bonds is 3. The molecule has 0 fully saturated rings. The van der Waals surface area contributed by atoms with Crippen LogP contribution >= 0.6 is 0 Å². The molecule has 0 aromatic heterocycles. The second-order valence-electron chi connectivity index (χ2n) is 19.7. The largest absolute Gasteiger partial charge is 0.0619 e. The maximum atomic E-state index is 2.54. The first kappa shape index (κ1) is 35.5. The van der Waals surface area contributed by atoms with Crippen LogP contribution in [0.4, 0.5) is 0 Å². The highest BCUT2D eigenvalue weighted by Gasteiger charge is 2.44. The average Bonchev–Trinajstić information content (AvgIpc) is 3.39. The zero-order valence-corrected chi connectivity index (χ0v) is 36.2. The van der Waals surface area contributed by atoms with Crippen molar-refractivity contribution in [3.05, 3.63) is 319 Å². The molecule has 0 radical (unpaired) electrons. The van der Waals surface area contributed by atoms with E-state index in [0.717, 1.165) is 0 Å². The first-order valence-electron chi connectivity index (χ1n) is 23.9. The van der Waals surface area contributed by atoms with Crippen molar-refractivity contribution in [1.29, 1.82) is 0 Å². The van der Waals surface area contributed by atoms with E-state index in [1.54, 1.807) is 0 Å². The molecule has 0 heteroatoms. The van der Waals surface area contributed by atoms with Gasteiger partial charge in [-0.3, -0.25) is 0 Å². The predicted molar refractivity (Wildman–Crippen MR) is 267 cm³/mol. The van der Waals surface area contributed by atoms with Crippen LogP contribution in [0.15, 0.2) is 218 Å². The molecule has 9 aliphatic rings. The molecule has 0 nitrogen and oxygen atoms in total.